The van der Waals surface area contributed by atoms with Crippen LogP contribution in [0.4, 0.5) is 0 Å². The van der Waals surface area contributed by atoms with Gasteiger partial charge in [0.2, 0.25) is 0 Å². The maximum absolute atomic E-state index is 13.2. The van der Waals surface area contributed by atoms with Crippen LogP contribution >= 0.6 is 11.8 Å². The first kappa shape index (κ1) is 23.2. The van der Waals surface area contributed by atoms with Gasteiger partial charge in [-0.15, -0.1) is 0 Å². The second kappa shape index (κ2) is 10.8. The number of nitrogens with one attached hydrogen (secondary N) is 1. The van der Waals surface area contributed by atoms with Crippen molar-refractivity contribution in [1.29, 1.82) is 0 Å². The van der Waals surface area contributed by atoms with Crippen molar-refractivity contribution in [3.8, 4) is 11.5 Å². The average Bonchev–Trinajstić information content (AvgIpc) is 2.82. The molecule has 1 aliphatic heterocycles. The number of allylic oxidation sites excluding steroid dienone is 3. The van der Waals surface area contributed by atoms with Gasteiger partial charge < -0.3 is 14.8 Å². The third-order valence-electron chi connectivity index (χ3n) is 5.83. The van der Waals surface area contributed by atoms with Gasteiger partial charge in [0.05, 0.1) is 5.57 Å². The van der Waals surface area contributed by atoms with E-state index in [9.17, 15) is 9.59 Å². The Morgan fingerprint density at radius 1 is 1.09 bits per heavy atom. The fourth-order valence-corrected chi connectivity index (χ4v) is 4.87. The lowest BCUT2D eigenvalue weighted by molar-refractivity contribution is -0.138. The molecule has 4 rings (SSSR count). The Morgan fingerprint density at radius 3 is 2.67 bits per heavy atom. The number of ether oxygens (including phenoxy) is 2. The molecule has 2 aliphatic rings. The van der Waals surface area contributed by atoms with E-state index >= 15 is 0 Å². The highest BCUT2D eigenvalue weighted by Gasteiger charge is 2.39. The molecule has 0 spiro atoms. The highest BCUT2D eigenvalue weighted by atomic mass is 32.2. The molecule has 6 heteroatoms. The third-order valence-corrected chi connectivity index (χ3v) is 6.69. The van der Waals surface area contributed by atoms with Crippen molar-refractivity contribution in [2.75, 3.05) is 18.1 Å². The zero-order valence-electron chi connectivity index (χ0n) is 19.1. The monoisotopic (exact) mass is 463 g/mol. The molecule has 0 unspecified atom stereocenters. The number of hydrogen-bond acceptors (Lipinski definition) is 6. The van der Waals surface area contributed by atoms with Crippen molar-refractivity contribution in [1.82, 2.24) is 5.32 Å². The Labute approximate surface area is 199 Å². The molecule has 2 aromatic rings. The Bertz CT molecular complexity index is 1090. The number of para-hydroxylation sites is 1. The molecule has 172 valence electrons. The van der Waals surface area contributed by atoms with Gasteiger partial charge in [-0.3, -0.25) is 4.79 Å². The van der Waals surface area contributed by atoms with Crippen LogP contribution in [0.1, 0.15) is 44.6 Å². The summed E-state index contributed by atoms with van der Waals surface area (Å²) in [6.07, 6.45) is 2.10. The van der Waals surface area contributed by atoms with Gasteiger partial charge in [-0.1, -0.05) is 37.3 Å². The van der Waals surface area contributed by atoms with Crippen molar-refractivity contribution in [3.63, 3.8) is 0 Å². The van der Waals surface area contributed by atoms with Crippen LogP contribution in [-0.4, -0.2) is 29.9 Å². The van der Waals surface area contributed by atoms with E-state index in [-0.39, 0.29) is 11.8 Å². The van der Waals surface area contributed by atoms with Crippen molar-refractivity contribution in [2.24, 2.45) is 0 Å². The highest BCUT2D eigenvalue weighted by Crippen LogP contribution is 2.43. The molecule has 2 aromatic carbocycles. The molecule has 0 radical (unpaired) electrons. The first-order valence-electron chi connectivity index (χ1n) is 11.4. The number of ketones is 1. The maximum atomic E-state index is 13.2. The van der Waals surface area contributed by atoms with E-state index in [1.165, 1.54) is 0 Å². The van der Waals surface area contributed by atoms with Crippen LogP contribution < -0.4 is 10.1 Å². The average molecular weight is 464 g/mol. The van der Waals surface area contributed by atoms with E-state index in [2.05, 4.69) is 12.2 Å². The zero-order chi connectivity index (χ0) is 23.2. The molecule has 5 nitrogen and oxygen atoms in total. The third kappa shape index (κ3) is 5.33. The van der Waals surface area contributed by atoms with E-state index in [0.717, 1.165) is 47.1 Å². The van der Waals surface area contributed by atoms with Gasteiger partial charge >= 0.3 is 5.97 Å². The van der Waals surface area contributed by atoms with Gasteiger partial charge in [0.25, 0.3) is 0 Å². The second-order valence-electron chi connectivity index (χ2n) is 8.09. The van der Waals surface area contributed by atoms with Crippen LogP contribution in [0.5, 0.6) is 11.5 Å². The maximum Gasteiger partial charge on any atom is 0.336 e. The largest absolute Gasteiger partial charge is 0.461 e. The Kier molecular flexibility index (Phi) is 7.55. The van der Waals surface area contributed by atoms with E-state index < -0.39 is 5.92 Å². The van der Waals surface area contributed by atoms with Crippen LogP contribution in [0.25, 0.3) is 0 Å². The van der Waals surface area contributed by atoms with Crippen LogP contribution in [0.15, 0.2) is 77.1 Å². The van der Waals surface area contributed by atoms with Gasteiger partial charge in [-0.25, -0.2) is 4.79 Å². The molecule has 33 heavy (non-hydrogen) atoms. The zero-order valence-corrected chi connectivity index (χ0v) is 19.9. The SMILES string of the molecule is CCSCCOC(=O)C1=C(C)NC2=C(C(=O)CCC2)[C@@H]1c1cccc(Oc2ccccc2)c1. The quantitative estimate of drug-likeness (QED) is 0.398. The first-order valence-corrected chi connectivity index (χ1v) is 12.6. The molecule has 0 amide bonds. The molecule has 0 fully saturated rings. The lowest BCUT2D eigenvalue weighted by Crippen LogP contribution is -2.34. The van der Waals surface area contributed by atoms with Crippen LogP contribution in [-0.2, 0) is 14.3 Å². The van der Waals surface area contributed by atoms with Crippen LogP contribution in [0.2, 0.25) is 0 Å². The minimum Gasteiger partial charge on any atom is -0.461 e. The lowest BCUT2D eigenvalue weighted by atomic mass is 9.75. The van der Waals surface area contributed by atoms with Crippen molar-refractivity contribution >= 4 is 23.5 Å². The number of benzene rings is 2. The second-order valence-corrected chi connectivity index (χ2v) is 9.48. The summed E-state index contributed by atoms with van der Waals surface area (Å²) in [5.41, 5.74) is 3.69. The predicted molar refractivity (Wildman–Crippen MR) is 131 cm³/mol. The summed E-state index contributed by atoms with van der Waals surface area (Å²) in [6.45, 7) is 4.31. The summed E-state index contributed by atoms with van der Waals surface area (Å²) < 4.78 is 11.7. The molecule has 0 saturated carbocycles. The molecule has 1 N–H and O–H groups in total. The molecular formula is C27H29NO4S. The fourth-order valence-electron chi connectivity index (χ4n) is 4.38. The van der Waals surface area contributed by atoms with Gasteiger partial charge in [-0.2, -0.15) is 11.8 Å². The standard InChI is InChI=1S/C27H29NO4S/c1-3-33-16-15-31-27(30)24-18(2)28-22-13-8-14-23(29)26(22)25(24)19-9-7-12-21(17-19)32-20-10-5-4-6-11-20/h4-7,9-12,17,25,28H,3,8,13-16H2,1-2H3/t25-/m1/s1. The van der Waals surface area contributed by atoms with E-state index in [0.29, 0.717) is 29.9 Å². The summed E-state index contributed by atoms with van der Waals surface area (Å²) in [7, 11) is 0. The van der Waals surface area contributed by atoms with Crippen molar-refractivity contribution in [3.05, 3.63) is 82.7 Å². The lowest BCUT2D eigenvalue weighted by Gasteiger charge is -2.34. The van der Waals surface area contributed by atoms with Crippen LogP contribution in [0, 0.1) is 0 Å². The summed E-state index contributed by atoms with van der Waals surface area (Å²) in [6, 6.07) is 17.2. The number of Topliss-reactive ketones (excluding diaryl/α,β-unsaturated/α-hetero) is 1. The molecule has 1 aliphatic carbocycles. The normalized spacial score (nSPS) is 18.0. The minimum absolute atomic E-state index is 0.0856. The molecular weight excluding hydrogens is 434 g/mol. The van der Waals surface area contributed by atoms with E-state index in [1.54, 1.807) is 11.8 Å². The number of dihydropyridines is 1. The first-order chi connectivity index (χ1) is 16.1. The summed E-state index contributed by atoms with van der Waals surface area (Å²) in [4.78, 5) is 26.3. The Morgan fingerprint density at radius 2 is 1.88 bits per heavy atom. The van der Waals surface area contributed by atoms with Crippen molar-refractivity contribution in [2.45, 2.75) is 39.0 Å². The summed E-state index contributed by atoms with van der Waals surface area (Å²) >= 11 is 1.73. The molecule has 0 bridgehead atoms. The topological polar surface area (TPSA) is 64.6 Å². The predicted octanol–water partition coefficient (Wildman–Crippen LogP) is 5.74. The summed E-state index contributed by atoms with van der Waals surface area (Å²) in [5.74, 6) is 2.35. The van der Waals surface area contributed by atoms with Crippen molar-refractivity contribution < 1.29 is 19.1 Å². The van der Waals surface area contributed by atoms with E-state index in [4.69, 9.17) is 9.47 Å². The number of thioether (sulfide) groups is 1. The molecule has 0 saturated heterocycles. The van der Waals surface area contributed by atoms with Crippen LogP contribution in [0.3, 0.4) is 0 Å². The van der Waals surface area contributed by atoms with Gasteiger partial charge in [0.15, 0.2) is 5.78 Å². The number of carbonyl (C=O) groups excluding carboxylic acids is 2. The molecule has 1 heterocycles. The molecule has 0 aromatic heterocycles. The molecule has 1 atom stereocenters. The number of carbonyl (C=O) groups is 2. The van der Waals surface area contributed by atoms with E-state index in [1.807, 2.05) is 61.5 Å². The van der Waals surface area contributed by atoms with Gasteiger partial charge in [0.1, 0.15) is 18.1 Å². The number of rotatable bonds is 8. The fraction of sp³-hybridized carbons (Fsp3) is 0.333. The highest BCUT2D eigenvalue weighted by molar-refractivity contribution is 7.99. The van der Waals surface area contributed by atoms with Gasteiger partial charge in [0, 0.05) is 35.1 Å². The number of esters is 1. The Hall–Kier alpha value is -2.99. The van der Waals surface area contributed by atoms with Gasteiger partial charge in [-0.05, 0) is 55.3 Å². The Balaban J connectivity index is 1.70. The number of hydrogen-bond donors (Lipinski definition) is 1. The summed E-state index contributed by atoms with van der Waals surface area (Å²) in [5, 5.41) is 3.34. The smallest absolute Gasteiger partial charge is 0.336 e. The minimum atomic E-state index is -0.472.